The largest absolute Gasteiger partial charge is 0.397 e. The SMILES string of the molecule is Nc1cncc(-c2nc(CC3CC3)no2)c1. The summed E-state index contributed by atoms with van der Waals surface area (Å²) >= 11 is 0. The Morgan fingerprint density at radius 3 is 3.00 bits per heavy atom. The Kier molecular flexibility index (Phi) is 2.09. The van der Waals surface area contributed by atoms with E-state index < -0.39 is 0 Å². The van der Waals surface area contributed by atoms with Gasteiger partial charge in [0.05, 0.1) is 11.3 Å². The van der Waals surface area contributed by atoms with Crippen molar-refractivity contribution in [2.24, 2.45) is 5.92 Å². The third-order valence-electron chi connectivity index (χ3n) is 2.64. The molecule has 5 heteroatoms. The minimum Gasteiger partial charge on any atom is -0.397 e. The predicted octanol–water partition coefficient (Wildman–Crippen LogP) is 1.67. The van der Waals surface area contributed by atoms with Crippen LogP contribution >= 0.6 is 0 Å². The monoisotopic (exact) mass is 216 g/mol. The first-order valence-corrected chi connectivity index (χ1v) is 5.35. The first-order valence-electron chi connectivity index (χ1n) is 5.35. The van der Waals surface area contributed by atoms with E-state index in [2.05, 4.69) is 15.1 Å². The molecule has 1 aliphatic rings. The van der Waals surface area contributed by atoms with E-state index in [-0.39, 0.29) is 0 Å². The molecule has 16 heavy (non-hydrogen) atoms. The Bertz CT molecular complexity index is 504. The van der Waals surface area contributed by atoms with Gasteiger partial charge in [-0.15, -0.1) is 0 Å². The molecule has 0 saturated heterocycles. The Morgan fingerprint density at radius 1 is 1.38 bits per heavy atom. The zero-order valence-electron chi connectivity index (χ0n) is 8.76. The van der Waals surface area contributed by atoms with Gasteiger partial charge in [-0.3, -0.25) is 4.98 Å². The average Bonchev–Trinajstić information content (AvgIpc) is 2.94. The van der Waals surface area contributed by atoms with E-state index in [1.807, 2.05) is 0 Å². The first-order chi connectivity index (χ1) is 7.81. The molecule has 0 spiro atoms. The zero-order valence-corrected chi connectivity index (χ0v) is 8.76. The minimum atomic E-state index is 0.496. The van der Waals surface area contributed by atoms with E-state index in [0.717, 1.165) is 23.7 Å². The van der Waals surface area contributed by atoms with Crippen LogP contribution in [0.5, 0.6) is 0 Å². The van der Waals surface area contributed by atoms with Gasteiger partial charge in [-0.05, 0) is 24.8 Å². The number of hydrogen-bond donors (Lipinski definition) is 1. The summed E-state index contributed by atoms with van der Waals surface area (Å²) in [6, 6.07) is 1.78. The molecule has 0 atom stereocenters. The van der Waals surface area contributed by atoms with Crippen molar-refractivity contribution in [2.45, 2.75) is 19.3 Å². The van der Waals surface area contributed by atoms with Crippen molar-refractivity contribution >= 4 is 5.69 Å². The second kappa shape index (κ2) is 3.59. The molecular formula is C11H12N4O. The highest BCUT2D eigenvalue weighted by Crippen LogP contribution is 2.32. The van der Waals surface area contributed by atoms with Crippen LogP contribution in [0.2, 0.25) is 0 Å². The summed E-state index contributed by atoms with van der Waals surface area (Å²) in [5, 5.41) is 3.95. The van der Waals surface area contributed by atoms with Crippen molar-refractivity contribution < 1.29 is 4.52 Å². The van der Waals surface area contributed by atoms with Crippen LogP contribution in [-0.4, -0.2) is 15.1 Å². The number of anilines is 1. The lowest BCUT2D eigenvalue weighted by molar-refractivity contribution is 0.421. The molecule has 3 rings (SSSR count). The van der Waals surface area contributed by atoms with Crippen molar-refractivity contribution in [1.29, 1.82) is 0 Å². The van der Waals surface area contributed by atoms with Crippen LogP contribution in [0.15, 0.2) is 23.0 Å². The number of aromatic nitrogens is 3. The maximum absolute atomic E-state index is 5.64. The highest BCUT2D eigenvalue weighted by atomic mass is 16.5. The van der Waals surface area contributed by atoms with Crippen LogP contribution in [-0.2, 0) is 6.42 Å². The van der Waals surface area contributed by atoms with Gasteiger partial charge in [0.1, 0.15) is 0 Å². The minimum absolute atomic E-state index is 0.496. The van der Waals surface area contributed by atoms with Crippen molar-refractivity contribution in [3.63, 3.8) is 0 Å². The van der Waals surface area contributed by atoms with Crippen molar-refractivity contribution in [3.8, 4) is 11.5 Å². The Labute approximate surface area is 92.7 Å². The van der Waals surface area contributed by atoms with Crippen LogP contribution in [0.1, 0.15) is 18.7 Å². The second-order valence-corrected chi connectivity index (χ2v) is 4.17. The Balaban J connectivity index is 1.85. The highest BCUT2D eigenvalue weighted by Gasteiger charge is 2.24. The van der Waals surface area contributed by atoms with Crippen molar-refractivity contribution in [2.75, 3.05) is 5.73 Å². The standard InChI is InChI=1S/C11H12N4O/c12-9-4-8(5-13-6-9)11-14-10(15-16-11)3-7-1-2-7/h4-7H,1-3,12H2. The number of nitrogens with two attached hydrogens (primary N) is 1. The van der Waals surface area contributed by atoms with Gasteiger partial charge in [0.25, 0.3) is 5.89 Å². The second-order valence-electron chi connectivity index (χ2n) is 4.17. The average molecular weight is 216 g/mol. The highest BCUT2D eigenvalue weighted by molar-refractivity contribution is 5.57. The molecule has 2 heterocycles. The van der Waals surface area contributed by atoms with Gasteiger partial charge in [0.2, 0.25) is 0 Å². The molecule has 5 nitrogen and oxygen atoms in total. The molecule has 0 aromatic carbocycles. The molecule has 0 aliphatic heterocycles. The maximum Gasteiger partial charge on any atom is 0.259 e. The summed E-state index contributed by atoms with van der Waals surface area (Å²) in [5.41, 5.74) is 7.01. The normalized spacial score (nSPS) is 15.2. The molecule has 0 bridgehead atoms. The lowest BCUT2D eigenvalue weighted by atomic mass is 10.2. The summed E-state index contributed by atoms with van der Waals surface area (Å²) in [7, 11) is 0. The topological polar surface area (TPSA) is 77.8 Å². The van der Waals surface area contributed by atoms with E-state index in [4.69, 9.17) is 10.3 Å². The van der Waals surface area contributed by atoms with E-state index in [1.54, 1.807) is 18.5 Å². The maximum atomic E-state index is 5.64. The summed E-state index contributed by atoms with van der Waals surface area (Å²) in [4.78, 5) is 8.32. The van der Waals surface area contributed by atoms with E-state index in [1.165, 1.54) is 12.8 Å². The van der Waals surface area contributed by atoms with Gasteiger partial charge in [-0.25, -0.2) is 0 Å². The molecule has 1 aliphatic carbocycles. The summed E-state index contributed by atoms with van der Waals surface area (Å²) in [6.07, 6.45) is 6.74. The Morgan fingerprint density at radius 2 is 2.25 bits per heavy atom. The van der Waals surface area contributed by atoms with Gasteiger partial charge in [0, 0.05) is 18.8 Å². The smallest absolute Gasteiger partial charge is 0.259 e. The van der Waals surface area contributed by atoms with Crippen LogP contribution in [0.4, 0.5) is 5.69 Å². The lowest BCUT2D eigenvalue weighted by Gasteiger charge is -1.94. The number of hydrogen-bond acceptors (Lipinski definition) is 5. The fraction of sp³-hybridized carbons (Fsp3) is 0.364. The number of rotatable bonds is 3. The van der Waals surface area contributed by atoms with Crippen LogP contribution in [0.3, 0.4) is 0 Å². The number of nitrogen functional groups attached to an aromatic ring is 1. The predicted molar refractivity (Wildman–Crippen MR) is 58.4 cm³/mol. The molecule has 1 fully saturated rings. The van der Waals surface area contributed by atoms with Gasteiger partial charge < -0.3 is 10.3 Å². The van der Waals surface area contributed by atoms with E-state index >= 15 is 0 Å². The van der Waals surface area contributed by atoms with Crippen LogP contribution in [0.25, 0.3) is 11.5 Å². The number of nitrogens with zero attached hydrogens (tertiary/aromatic N) is 3. The quantitative estimate of drug-likeness (QED) is 0.844. The van der Waals surface area contributed by atoms with Gasteiger partial charge in [-0.1, -0.05) is 5.16 Å². The molecule has 82 valence electrons. The van der Waals surface area contributed by atoms with E-state index in [0.29, 0.717) is 11.6 Å². The molecule has 0 radical (unpaired) electrons. The third-order valence-corrected chi connectivity index (χ3v) is 2.64. The molecule has 0 amide bonds. The molecule has 1 saturated carbocycles. The summed E-state index contributed by atoms with van der Waals surface area (Å²) < 4.78 is 5.18. The van der Waals surface area contributed by atoms with Gasteiger partial charge >= 0.3 is 0 Å². The van der Waals surface area contributed by atoms with Crippen LogP contribution < -0.4 is 5.73 Å². The fourth-order valence-electron chi connectivity index (χ4n) is 1.61. The van der Waals surface area contributed by atoms with Gasteiger partial charge in [-0.2, -0.15) is 4.98 Å². The molecule has 0 unspecified atom stereocenters. The Hall–Kier alpha value is -1.91. The zero-order chi connectivity index (χ0) is 11.0. The summed E-state index contributed by atoms with van der Waals surface area (Å²) in [6.45, 7) is 0. The number of pyridine rings is 1. The van der Waals surface area contributed by atoms with Crippen LogP contribution in [0, 0.1) is 5.92 Å². The molecule has 2 N–H and O–H groups in total. The molecule has 2 aromatic rings. The molecular weight excluding hydrogens is 204 g/mol. The van der Waals surface area contributed by atoms with E-state index in [9.17, 15) is 0 Å². The fourth-order valence-corrected chi connectivity index (χ4v) is 1.61. The van der Waals surface area contributed by atoms with Gasteiger partial charge in [0.15, 0.2) is 5.82 Å². The summed E-state index contributed by atoms with van der Waals surface area (Å²) in [5.74, 6) is 2.03. The lowest BCUT2D eigenvalue weighted by Crippen LogP contribution is -1.90. The van der Waals surface area contributed by atoms with Crippen molar-refractivity contribution in [1.82, 2.24) is 15.1 Å². The first kappa shape index (κ1) is 9.33. The third kappa shape index (κ3) is 1.88. The molecule has 2 aromatic heterocycles. The van der Waals surface area contributed by atoms with Crippen molar-refractivity contribution in [3.05, 3.63) is 24.3 Å².